The molecule has 0 saturated heterocycles. The first-order valence-corrected chi connectivity index (χ1v) is 7.96. The third-order valence-electron chi connectivity index (χ3n) is 1.87. The summed E-state index contributed by atoms with van der Waals surface area (Å²) in [5, 5.41) is 15.8. The van der Waals surface area contributed by atoms with Crippen molar-refractivity contribution in [2.24, 2.45) is 5.14 Å². The Hall–Kier alpha value is -1.78. The Balaban J connectivity index is 2.57. The Kier molecular flexibility index (Phi) is 5.80. The number of amides is 1. The lowest BCUT2D eigenvalue weighted by molar-refractivity contribution is -0.133. The molecule has 0 aliphatic rings. The highest BCUT2D eigenvalue weighted by molar-refractivity contribution is 8.00. The van der Waals surface area contributed by atoms with Crippen LogP contribution in [0.5, 0.6) is 0 Å². The van der Waals surface area contributed by atoms with Crippen LogP contribution in [0.25, 0.3) is 0 Å². The monoisotopic (exact) mass is 319 g/mol. The van der Waals surface area contributed by atoms with Crippen LogP contribution in [0.3, 0.4) is 0 Å². The van der Waals surface area contributed by atoms with E-state index in [2.05, 4.69) is 10.0 Å². The van der Waals surface area contributed by atoms with E-state index in [9.17, 15) is 18.0 Å². The van der Waals surface area contributed by atoms with Crippen LogP contribution >= 0.6 is 11.8 Å². The number of rotatable bonds is 7. The summed E-state index contributed by atoms with van der Waals surface area (Å²) < 4.78 is 23.8. The molecule has 1 rings (SSSR count). The number of benzene rings is 1. The first-order chi connectivity index (χ1) is 9.26. The molecule has 0 spiro atoms. The van der Waals surface area contributed by atoms with E-state index in [0.29, 0.717) is 5.69 Å². The number of carbonyl (C=O) groups excluding carboxylic acids is 1. The zero-order valence-electron chi connectivity index (χ0n) is 10.2. The normalized spacial score (nSPS) is 10.8. The van der Waals surface area contributed by atoms with Crippen molar-refractivity contribution in [3.63, 3.8) is 0 Å². The van der Waals surface area contributed by atoms with E-state index in [-0.39, 0.29) is 23.1 Å². The first kappa shape index (κ1) is 16.3. The average molecular weight is 319 g/mol. The van der Waals surface area contributed by atoms with Crippen molar-refractivity contribution in [2.75, 3.05) is 21.5 Å². The molecule has 1 amide bonds. The Labute approximate surface area is 119 Å². The van der Waals surface area contributed by atoms with Gasteiger partial charge in [0.2, 0.25) is 5.91 Å². The molecule has 0 radical (unpaired) electrons. The number of aliphatic carboxylic acids is 1. The van der Waals surface area contributed by atoms with Crippen LogP contribution in [0.4, 0.5) is 11.4 Å². The van der Waals surface area contributed by atoms with E-state index in [0.717, 1.165) is 11.8 Å². The van der Waals surface area contributed by atoms with Crippen LogP contribution in [0.2, 0.25) is 0 Å². The maximum absolute atomic E-state index is 11.5. The first-order valence-electron chi connectivity index (χ1n) is 5.26. The van der Waals surface area contributed by atoms with Gasteiger partial charge in [0.15, 0.2) is 0 Å². The standard InChI is InChI=1S/C10H13N3O5S2/c11-20(17,18)13-8-3-1-2-7(4-8)12-9(14)5-19-6-10(15)16/h1-4,13H,5-6H2,(H,12,14)(H,15,16)(H2,11,17,18). The van der Waals surface area contributed by atoms with Crippen LogP contribution in [0, 0.1) is 0 Å². The van der Waals surface area contributed by atoms with Crippen molar-refractivity contribution in [2.45, 2.75) is 0 Å². The fraction of sp³-hybridized carbons (Fsp3) is 0.200. The van der Waals surface area contributed by atoms with Gasteiger partial charge in [-0.05, 0) is 18.2 Å². The summed E-state index contributed by atoms with van der Waals surface area (Å²) in [5.74, 6) is -1.56. The molecule has 20 heavy (non-hydrogen) atoms. The predicted molar refractivity (Wildman–Crippen MR) is 76.8 cm³/mol. The number of anilines is 2. The summed E-state index contributed by atoms with van der Waals surface area (Å²) in [5.41, 5.74) is 0.586. The number of hydrogen-bond acceptors (Lipinski definition) is 5. The average Bonchev–Trinajstić information content (AvgIpc) is 2.26. The van der Waals surface area contributed by atoms with Gasteiger partial charge in [0, 0.05) is 5.69 Å². The highest BCUT2D eigenvalue weighted by Gasteiger charge is 2.07. The van der Waals surface area contributed by atoms with Gasteiger partial charge in [-0.1, -0.05) is 6.07 Å². The Bertz CT molecular complexity index is 603. The number of nitrogens with two attached hydrogens (primary N) is 1. The predicted octanol–water partition coefficient (Wildman–Crippen LogP) is 0.0583. The summed E-state index contributed by atoms with van der Waals surface area (Å²) in [6.07, 6.45) is 0. The maximum atomic E-state index is 11.5. The van der Waals surface area contributed by atoms with Crippen LogP contribution < -0.4 is 15.2 Å². The van der Waals surface area contributed by atoms with Gasteiger partial charge < -0.3 is 10.4 Å². The summed E-state index contributed by atoms with van der Waals surface area (Å²) in [6, 6.07) is 5.96. The van der Waals surface area contributed by atoms with Crippen molar-refractivity contribution < 1.29 is 23.1 Å². The van der Waals surface area contributed by atoms with Gasteiger partial charge in [0.05, 0.1) is 17.2 Å². The molecule has 0 aromatic heterocycles. The minimum absolute atomic E-state index is 0.0147. The topological polar surface area (TPSA) is 139 Å². The molecule has 1 aromatic carbocycles. The maximum Gasteiger partial charge on any atom is 0.313 e. The molecule has 0 unspecified atom stereocenters. The lowest BCUT2D eigenvalue weighted by atomic mass is 10.3. The Morgan fingerprint density at radius 2 is 1.90 bits per heavy atom. The lowest BCUT2D eigenvalue weighted by Crippen LogP contribution is -2.22. The summed E-state index contributed by atoms with van der Waals surface area (Å²) in [4.78, 5) is 21.8. The molecule has 0 heterocycles. The number of carboxylic acid groups (broad SMARTS) is 1. The van der Waals surface area contributed by atoms with Crippen LogP contribution in [0.15, 0.2) is 24.3 Å². The van der Waals surface area contributed by atoms with E-state index >= 15 is 0 Å². The van der Waals surface area contributed by atoms with E-state index in [1.165, 1.54) is 18.2 Å². The fourth-order valence-corrected chi connectivity index (χ4v) is 2.24. The number of thioether (sulfide) groups is 1. The van der Waals surface area contributed by atoms with Crippen molar-refractivity contribution in [1.82, 2.24) is 0 Å². The molecule has 0 aliphatic carbocycles. The molecular formula is C10H13N3O5S2. The summed E-state index contributed by atoms with van der Waals surface area (Å²) >= 11 is 0.960. The smallest absolute Gasteiger partial charge is 0.313 e. The molecule has 10 heteroatoms. The number of nitrogens with one attached hydrogen (secondary N) is 2. The van der Waals surface area contributed by atoms with Crippen molar-refractivity contribution in [3.05, 3.63) is 24.3 Å². The second-order valence-electron chi connectivity index (χ2n) is 3.66. The molecule has 5 N–H and O–H groups in total. The molecule has 0 saturated carbocycles. The van der Waals surface area contributed by atoms with Gasteiger partial charge in [-0.15, -0.1) is 11.8 Å². The fourth-order valence-electron chi connectivity index (χ4n) is 1.25. The molecule has 1 aromatic rings. The number of carbonyl (C=O) groups is 2. The highest BCUT2D eigenvalue weighted by Crippen LogP contribution is 2.16. The van der Waals surface area contributed by atoms with Crippen LogP contribution in [-0.2, 0) is 19.8 Å². The molecule has 0 aliphatic heterocycles. The minimum atomic E-state index is -3.88. The lowest BCUT2D eigenvalue weighted by Gasteiger charge is -2.07. The third kappa shape index (κ3) is 6.97. The quantitative estimate of drug-likeness (QED) is 0.560. The summed E-state index contributed by atoms with van der Waals surface area (Å²) in [6.45, 7) is 0. The SMILES string of the molecule is NS(=O)(=O)Nc1cccc(NC(=O)CSCC(=O)O)c1. The van der Waals surface area contributed by atoms with Crippen molar-refractivity contribution in [1.29, 1.82) is 0 Å². The molecule has 110 valence electrons. The number of hydrogen-bond donors (Lipinski definition) is 4. The zero-order chi connectivity index (χ0) is 15.2. The second-order valence-corrected chi connectivity index (χ2v) is 5.94. The molecular weight excluding hydrogens is 306 g/mol. The van der Waals surface area contributed by atoms with Gasteiger partial charge >= 0.3 is 5.97 Å². The van der Waals surface area contributed by atoms with Gasteiger partial charge in [0.25, 0.3) is 10.2 Å². The molecule has 0 fully saturated rings. The van der Waals surface area contributed by atoms with E-state index in [1.807, 2.05) is 0 Å². The molecule has 0 bridgehead atoms. The highest BCUT2D eigenvalue weighted by atomic mass is 32.2. The van der Waals surface area contributed by atoms with E-state index in [1.54, 1.807) is 6.07 Å². The van der Waals surface area contributed by atoms with Crippen molar-refractivity contribution >= 4 is 45.2 Å². The van der Waals surface area contributed by atoms with E-state index < -0.39 is 16.2 Å². The third-order valence-corrected chi connectivity index (χ3v) is 3.30. The Morgan fingerprint density at radius 1 is 1.25 bits per heavy atom. The molecule has 0 atom stereocenters. The molecule has 8 nitrogen and oxygen atoms in total. The van der Waals surface area contributed by atoms with Crippen LogP contribution in [-0.4, -0.2) is 36.9 Å². The van der Waals surface area contributed by atoms with Crippen LogP contribution in [0.1, 0.15) is 0 Å². The van der Waals surface area contributed by atoms with Gasteiger partial charge in [-0.25, -0.2) is 5.14 Å². The van der Waals surface area contributed by atoms with Gasteiger partial charge in [-0.2, -0.15) is 8.42 Å². The second kappa shape index (κ2) is 7.12. The van der Waals surface area contributed by atoms with Crippen molar-refractivity contribution in [3.8, 4) is 0 Å². The largest absolute Gasteiger partial charge is 0.481 e. The van der Waals surface area contributed by atoms with Gasteiger partial charge in [-0.3, -0.25) is 14.3 Å². The summed E-state index contributed by atoms with van der Waals surface area (Å²) in [7, 11) is -3.88. The Morgan fingerprint density at radius 3 is 2.50 bits per heavy atom. The van der Waals surface area contributed by atoms with E-state index in [4.69, 9.17) is 10.2 Å². The van der Waals surface area contributed by atoms with Gasteiger partial charge in [0.1, 0.15) is 0 Å². The minimum Gasteiger partial charge on any atom is -0.481 e. The number of carboxylic acids is 1. The zero-order valence-corrected chi connectivity index (χ0v) is 11.8.